The summed E-state index contributed by atoms with van der Waals surface area (Å²) in [5.41, 5.74) is 1.93. The summed E-state index contributed by atoms with van der Waals surface area (Å²) in [4.78, 5) is 24.2. The van der Waals surface area contributed by atoms with Crippen LogP contribution in [0.25, 0.3) is 11.5 Å². The molecule has 0 unspecified atom stereocenters. The topological polar surface area (TPSA) is 97.1 Å². The van der Waals surface area contributed by atoms with E-state index in [0.717, 1.165) is 48.6 Å². The maximum absolute atomic E-state index is 12.2. The SMILES string of the molecule is Cc1cccc(-c2nnc(S[C@@H](C)C(=O)NC(=O)NC3CCCCC3)o2)c1. The van der Waals surface area contributed by atoms with Crippen LogP contribution in [-0.4, -0.2) is 33.4 Å². The number of hydrogen-bond donors (Lipinski definition) is 2. The van der Waals surface area contributed by atoms with Gasteiger partial charge in [0.1, 0.15) is 0 Å². The Balaban J connectivity index is 1.51. The van der Waals surface area contributed by atoms with E-state index in [9.17, 15) is 9.59 Å². The van der Waals surface area contributed by atoms with E-state index >= 15 is 0 Å². The number of aryl methyl sites for hydroxylation is 1. The van der Waals surface area contributed by atoms with Gasteiger partial charge in [-0.3, -0.25) is 10.1 Å². The Bertz CT molecular complexity index is 802. The predicted octanol–water partition coefficient (Wildman–Crippen LogP) is 3.68. The number of urea groups is 1. The summed E-state index contributed by atoms with van der Waals surface area (Å²) in [6, 6.07) is 7.46. The largest absolute Gasteiger partial charge is 0.411 e. The molecule has 1 aliphatic rings. The molecule has 0 spiro atoms. The van der Waals surface area contributed by atoms with E-state index in [-0.39, 0.29) is 11.9 Å². The molecule has 8 heteroatoms. The van der Waals surface area contributed by atoms with E-state index in [1.165, 1.54) is 6.42 Å². The molecule has 0 aliphatic heterocycles. The third-order valence-electron chi connectivity index (χ3n) is 4.50. The third-order valence-corrected chi connectivity index (χ3v) is 5.43. The Morgan fingerprint density at radius 3 is 2.74 bits per heavy atom. The van der Waals surface area contributed by atoms with Gasteiger partial charge in [-0.2, -0.15) is 0 Å². The molecule has 1 heterocycles. The van der Waals surface area contributed by atoms with Gasteiger partial charge >= 0.3 is 6.03 Å². The first kappa shape index (κ1) is 19.4. The fourth-order valence-electron chi connectivity index (χ4n) is 3.04. The van der Waals surface area contributed by atoms with Gasteiger partial charge in [-0.05, 0) is 38.8 Å². The van der Waals surface area contributed by atoms with Gasteiger partial charge in [0.05, 0.1) is 5.25 Å². The normalized spacial score (nSPS) is 15.9. The lowest BCUT2D eigenvalue weighted by molar-refractivity contribution is -0.119. The van der Waals surface area contributed by atoms with Crippen molar-refractivity contribution in [2.24, 2.45) is 0 Å². The van der Waals surface area contributed by atoms with Crippen LogP contribution in [0.2, 0.25) is 0 Å². The lowest BCUT2D eigenvalue weighted by Crippen LogP contribution is -2.47. The molecular weight excluding hydrogens is 364 g/mol. The van der Waals surface area contributed by atoms with Gasteiger partial charge in [-0.25, -0.2) is 4.79 Å². The number of thioether (sulfide) groups is 1. The Hall–Kier alpha value is -2.35. The monoisotopic (exact) mass is 388 g/mol. The van der Waals surface area contributed by atoms with Crippen LogP contribution in [0.5, 0.6) is 0 Å². The number of benzene rings is 1. The maximum Gasteiger partial charge on any atom is 0.321 e. The van der Waals surface area contributed by atoms with Crippen molar-refractivity contribution in [1.82, 2.24) is 20.8 Å². The number of rotatable bonds is 5. The van der Waals surface area contributed by atoms with Crippen LogP contribution in [0.3, 0.4) is 0 Å². The molecule has 27 heavy (non-hydrogen) atoms. The Kier molecular flexibility index (Phi) is 6.49. The minimum atomic E-state index is -0.534. The van der Waals surface area contributed by atoms with Crippen molar-refractivity contribution in [2.75, 3.05) is 0 Å². The highest BCUT2D eigenvalue weighted by Crippen LogP contribution is 2.26. The molecule has 2 N–H and O–H groups in total. The number of nitrogens with one attached hydrogen (secondary N) is 2. The van der Waals surface area contributed by atoms with Crippen molar-refractivity contribution in [3.05, 3.63) is 29.8 Å². The number of hydrogen-bond acceptors (Lipinski definition) is 6. The molecule has 0 saturated heterocycles. The highest BCUT2D eigenvalue weighted by Gasteiger charge is 2.22. The first-order valence-electron chi connectivity index (χ1n) is 9.20. The fraction of sp³-hybridized carbons (Fsp3) is 0.474. The van der Waals surface area contributed by atoms with E-state index < -0.39 is 11.3 Å². The molecule has 1 saturated carbocycles. The lowest BCUT2D eigenvalue weighted by Gasteiger charge is -2.22. The van der Waals surface area contributed by atoms with Crippen LogP contribution >= 0.6 is 11.8 Å². The molecule has 1 atom stereocenters. The van der Waals surface area contributed by atoms with E-state index in [0.29, 0.717) is 11.1 Å². The molecule has 1 fully saturated rings. The minimum Gasteiger partial charge on any atom is -0.411 e. The summed E-state index contributed by atoms with van der Waals surface area (Å²) in [7, 11) is 0. The average Bonchev–Trinajstić information content (AvgIpc) is 3.11. The zero-order valence-electron chi connectivity index (χ0n) is 15.5. The highest BCUT2D eigenvalue weighted by atomic mass is 32.2. The van der Waals surface area contributed by atoms with Crippen molar-refractivity contribution in [2.45, 2.75) is 62.5 Å². The van der Waals surface area contributed by atoms with E-state index in [4.69, 9.17) is 4.42 Å². The summed E-state index contributed by atoms with van der Waals surface area (Å²) >= 11 is 1.13. The molecule has 2 aromatic rings. The minimum absolute atomic E-state index is 0.155. The molecule has 7 nitrogen and oxygen atoms in total. The van der Waals surface area contributed by atoms with Gasteiger partial charge in [-0.1, -0.05) is 48.7 Å². The van der Waals surface area contributed by atoms with Gasteiger partial charge in [0.2, 0.25) is 11.8 Å². The van der Waals surface area contributed by atoms with Crippen molar-refractivity contribution < 1.29 is 14.0 Å². The van der Waals surface area contributed by atoms with Crippen LogP contribution < -0.4 is 10.6 Å². The fourth-order valence-corrected chi connectivity index (χ4v) is 3.72. The number of amides is 3. The lowest BCUT2D eigenvalue weighted by atomic mass is 9.96. The smallest absolute Gasteiger partial charge is 0.321 e. The van der Waals surface area contributed by atoms with Crippen molar-refractivity contribution >= 4 is 23.7 Å². The average molecular weight is 388 g/mol. The zero-order valence-corrected chi connectivity index (χ0v) is 16.3. The van der Waals surface area contributed by atoms with Crippen LogP contribution in [0.1, 0.15) is 44.6 Å². The Morgan fingerprint density at radius 2 is 2.00 bits per heavy atom. The van der Waals surface area contributed by atoms with Gasteiger partial charge < -0.3 is 9.73 Å². The van der Waals surface area contributed by atoms with Crippen LogP contribution in [0, 0.1) is 6.92 Å². The molecule has 1 aromatic carbocycles. The van der Waals surface area contributed by atoms with Gasteiger partial charge in [-0.15, -0.1) is 10.2 Å². The molecule has 1 aliphatic carbocycles. The van der Waals surface area contributed by atoms with Gasteiger partial charge in [0.25, 0.3) is 5.22 Å². The predicted molar refractivity (Wildman–Crippen MR) is 103 cm³/mol. The van der Waals surface area contributed by atoms with Crippen molar-refractivity contribution in [3.63, 3.8) is 0 Å². The number of carbonyl (C=O) groups is 2. The second-order valence-electron chi connectivity index (χ2n) is 6.80. The van der Waals surface area contributed by atoms with Crippen molar-refractivity contribution in [3.8, 4) is 11.5 Å². The summed E-state index contributed by atoms with van der Waals surface area (Å²) in [5, 5.41) is 13.0. The molecule has 1 aromatic heterocycles. The van der Waals surface area contributed by atoms with Crippen LogP contribution in [0.15, 0.2) is 33.9 Å². The van der Waals surface area contributed by atoms with Crippen molar-refractivity contribution in [1.29, 1.82) is 0 Å². The van der Waals surface area contributed by atoms with E-state index in [2.05, 4.69) is 20.8 Å². The number of nitrogens with zero attached hydrogens (tertiary/aromatic N) is 2. The molecule has 3 rings (SSSR count). The second kappa shape index (κ2) is 9.03. The number of carbonyl (C=O) groups excluding carboxylic acids is 2. The van der Waals surface area contributed by atoms with E-state index in [1.54, 1.807) is 6.92 Å². The first-order valence-corrected chi connectivity index (χ1v) is 10.1. The molecule has 3 amide bonds. The Morgan fingerprint density at radius 1 is 1.22 bits per heavy atom. The standard InChI is InChI=1S/C19H24N4O3S/c1-12-7-6-8-14(11-12)17-22-23-19(26-17)27-13(2)16(24)21-18(25)20-15-9-4-3-5-10-15/h6-8,11,13,15H,3-5,9-10H2,1-2H3,(H2,20,21,24,25)/t13-/m0/s1. The van der Waals surface area contributed by atoms with Gasteiger partial charge in [0, 0.05) is 11.6 Å². The Labute approximate surface area is 162 Å². The summed E-state index contributed by atoms with van der Waals surface area (Å²) < 4.78 is 5.63. The summed E-state index contributed by atoms with van der Waals surface area (Å²) in [6.45, 7) is 3.69. The second-order valence-corrected chi connectivity index (χ2v) is 8.09. The number of imide groups is 1. The van der Waals surface area contributed by atoms with Crippen LogP contribution in [0.4, 0.5) is 4.79 Å². The maximum atomic E-state index is 12.2. The number of aromatic nitrogens is 2. The van der Waals surface area contributed by atoms with E-state index in [1.807, 2.05) is 31.2 Å². The third kappa shape index (κ3) is 5.56. The molecule has 0 bridgehead atoms. The van der Waals surface area contributed by atoms with Crippen LogP contribution in [-0.2, 0) is 4.79 Å². The zero-order chi connectivity index (χ0) is 19.2. The summed E-state index contributed by atoms with van der Waals surface area (Å²) in [6.07, 6.45) is 5.38. The quantitative estimate of drug-likeness (QED) is 0.758. The molecular formula is C19H24N4O3S. The summed E-state index contributed by atoms with van der Waals surface area (Å²) in [5.74, 6) is 0.0208. The molecule has 144 valence electrons. The van der Waals surface area contributed by atoms with Gasteiger partial charge in [0.15, 0.2) is 0 Å². The highest BCUT2D eigenvalue weighted by molar-refractivity contribution is 8.00. The first-order chi connectivity index (χ1) is 13.0. The molecule has 0 radical (unpaired) electrons.